The van der Waals surface area contributed by atoms with E-state index in [9.17, 15) is 8.78 Å². The molecule has 1 atom stereocenters. The molecule has 0 fully saturated rings. The lowest BCUT2D eigenvalue weighted by Gasteiger charge is -2.25. The van der Waals surface area contributed by atoms with Crippen LogP contribution in [0.3, 0.4) is 0 Å². The molecule has 1 aromatic rings. The van der Waals surface area contributed by atoms with Crippen LogP contribution in [0, 0.1) is 11.6 Å². The van der Waals surface area contributed by atoms with E-state index >= 15 is 0 Å². The number of benzene rings is 1. The Labute approximate surface area is 88.7 Å². The van der Waals surface area contributed by atoms with Crippen LogP contribution in [0.2, 0.25) is 0 Å². The summed E-state index contributed by atoms with van der Waals surface area (Å²) in [7, 11) is 1.90. The predicted octanol–water partition coefficient (Wildman–Crippen LogP) is 1.92. The van der Waals surface area contributed by atoms with Gasteiger partial charge in [-0.25, -0.2) is 8.78 Å². The van der Waals surface area contributed by atoms with Gasteiger partial charge < -0.3 is 5.73 Å². The Morgan fingerprint density at radius 1 is 1.33 bits per heavy atom. The van der Waals surface area contributed by atoms with Gasteiger partial charge in [-0.1, -0.05) is 13.0 Å². The van der Waals surface area contributed by atoms with E-state index in [0.29, 0.717) is 12.1 Å². The topological polar surface area (TPSA) is 29.3 Å². The summed E-state index contributed by atoms with van der Waals surface area (Å²) >= 11 is 0. The van der Waals surface area contributed by atoms with Crippen LogP contribution in [-0.2, 0) is 0 Å². The van der Waals surface area contributed by atoms with Crippen LogP contribution in [0.1, 0.15) is 18.5 Å². The maximum atomic E-state index is 13.0. The molecule has 2 nitrogen and oxygen atoms in total. The number of nitrogens with zero attached hydrogens (tertiary/aromatic N) is 1. The van der Waals surface area contributed by atoms with Crippen LogP contribution in [-0.4, -0.2) is 25.0 Å². The molecule has 0 saturated heterocycles. The summed E-state index contributed by atoms with van der Waals surface area (Å²) in [5, 5.41) is 0. The minimum Gasteiger partial charge on any atom is -0.329 e. The van der Waals surface area contributed by atoms with Crippen molar-refractivity contribution >= 4 is 0 Å². The van der Waals surface area contributed by atoms with Crippen LogP contribution in [0.5, 0.6) is 0 Å². The van der Waals surface area contributed by atoms with Crippen LogP contribution >= 0.6 is 0 Å². The Bertz CT molecular complexity index is 328. The second-order valence-corrected chi connectivity index (χ2v) is 3.50. The van der Waals surface area contributed by atoms with Crippen LogP contribution in [0.15, 0.2) is 18.2 Å². The van der Waals surface area contributed by atoms with Gasteiger partial charge in [-0.15, -0.1) is 0 Å². The lowest BCUT2D eigenvalue weighted by molar-refractivity contribution is 0.262. The molecular formula is C11H16F2N2. The quantitative estimate of drug-likeness (QED) is 0.829. The average Bonchev–Trinajstić information content (AvgIpc) is 2.24. The molecule has 0 heterocycles. The van der Waals surface area contributed by atoms with Crippen LogP contribution in [0.25, 0.3) is 0 Å². The molecular weight excluding hydrogens is 198 g/mol. The standard InChI is InChI=1S/C11H16F2N2/c1-3-15(2)11(7-14)8-4-5-9(12)10(13)6-8/h4-6,11H,3,7,14H2,1-2H3. The van der Waals surface area contributed by atoms with E-state index in [1.165, 1.54) is 6.07 Å². The molecule has 1 aromatic carbocycles. The molecule has 0 bridgehead atoms. The Balaban J connectivity index is 2.97. The van der Waals surface area contributed by atoms with Gasteiger partial charge in [-0.05, 0) is 31.3 Å². The van der Waals surface area contributed by atoms with Crippen molar-refractivity contribution in [3.8, 4) is 0 Å². The van der Waals surface area contributed by atoms with E-state index in [1.54, 1.807) is 6.07 Å². The summed E-state index contributed by atoms with van der Waals surface area (Å²) < 4.78 is 25.7. The fourth-order valence-corrected chi connectivity index (χ4v) is 1.51. The zero-order chi connectivity index (χ0) is 11.4. The first kappa shape index (κ1) is 12.1. The highest BCUT2D eigenvalue weighted by Crippen LogP contribution is 2.20. The molecule has 1 rings (SSSR count). The second-order valence-electron chi connectivity index (χ2n) is 3.50. The van der Waals surface area contributed by atoms with Gasteiger partial charge in [0.05, 0.1) is 0 Å². The second kappa shape index (κ2) is 5.19. The summed E-state index contributed by atoms with van der Waals surface area (Å²) in [6.45, 7) is 3.18. The highest BCUT2D eigenvalue weighted by atomic mass is 19.2. The van der Waals surface area contributed by atoms with Crippen molar-refractivity contribution in [1.29, 1.82) is 0 Å². The number of hydrogen-bond acceptors (Lipinski definition) is 2. The fourth-order valence-electron chi connectivity index (χ4n) is 1.51. The Morgan fingerprint density at radius 2 is 2.00 bits per heavy atom. The highest BCUT2D eigenvalue weighted by Gasteiger charge is 2.15. The molecule has 0 amide bonds. The minimum absolute atomic E-state index is 0.0647. The summed E-state index contributed by atoms with van der Waals surface area (Å²) in [6.07, 6.45) is 0. The van der Waals surface area contributed by atoms with E-state index in [1.807, 2.05) is 18.9 Å². The molecule has 1 unspecified atom stereocenters. The van der Waals surface area contributed by atoms with Crippen molar-refractivity contribution in [3.63, 3.8) is 0 Å². The summed E-state index contributed by atoms with van der Waals surface area (Å²) in [4.78, 5) is 1.99. The zero-order valence-corrected chi connectivity index (χ0v) is 9.00. The third kappa shape index (κ3) is 2.73. The minimum atomic E-state index is -0.825. The maximum Gasteiger partial charge on any atom is 0.159 e. The largest absolute Gasteiger partial charge is 0.329 e. The van der Waals surface area contributed by atoms with Gasteiger partial charge in [0.25, 0.3) is 0 Å². The van der Waals surface area contributed by atoms with Gasteiger partial charge in [-0.2, -0.15) is 0 Å². The van der Waals surface area contributed by atoms with Gasteiger partial charge in [0.2, 0.25) is 0 Å². The first-order valence-electron chi connectivity index (χ1n) is 4.95. The molecule has 15 heavy (non-hydrogen) atoms. The molecule has 2 N–H and O–H groups in total. The monoisotopic (exact) mass is 214 g/mol. The van der Waals surface area contributed by atoms with E-state index in [4.69, 9.17) is 5.73 Å². The third-order valence-electron chi connectivity index (χ3n) is 2.58. The van der Waals surface area contributed by atoms with Crippen molar-refractivity contribution in [2.75, 3.05) is 20.1 Å². The molecule has 0 aliphatic carbocycles. The molecule has 0 aromatic heterocycles. The molecule has 4 heteroatoms. The Morgan fingerprint density at radius 3 is 2.47 bits per heavy atom. The molecule has 0 saturated carbocycles. The molecule has 0 aliphatic heterocycles. The zero-order valence-electron chi connectivity index (χ0n) is 9.00. The summed E-state index contributed by atoms with van der Waals surface area (Å²) in [6, 6.07) is 3.85. The smallest absolute Gasteiger partial charge is 0.159 e. The van der Waals surface area contributed by atoms with E-state index in [2.05, 4.69) is 0 Å². The highest BCUT2D eigenvalue weighted by molar-refractivity contribution is 5.21. The van der Waals surface area contributed by atoms with Crippen molar-refractivity contribution < 1.29 is 8.78 Å². The van der Waals surface area contributed by atoms with Gasteiger partial charge in [0.1, 0.15) is 0 Å². The number of halogens is 2. The van der Waals surface area contributed by atoms with E-state index in [-0.39, 0.29) is 6.04 Å². The van der Waals surface area contributed by atoms with Gasteiger partial charge in [-0.3, -0.25) is 4.90 Å². The molecule has 0 radical (unpaired) electrons. The van der Waals surface area contributed by atoms with E-state index in [0.717, 1.165) is 12.6 Å². The van der Waals surface area contributed by atoms with Gasteiger partial charge in [0, 0.05) is 12.6 Å². The third-order valence-corrected chi connectivity index (χ3v) is 2.58. The van der Waals surface area contributed by atoms with Crippen LogP contribution in [0.4, 0.5) is 8.78 Å². The maximum absolute atomic E-state index is 13.0. The van der Waals surface area contributed by atoms with E-state index < -0.39 is 11.6 Å². The van der Waals surface area contributed by atoms with Crippen molar-refractivity contribution in [2.45, 2.75) is 13.0 Å². The lowest BCUT2D eigenvalue weighted by Crippen LogP contribution is -2.30. The average molecular weight is 214 g/mol. The normalized spacial score (nSPS) is 13.2. The predicted molar refractivity (Wildman–Crippen MR) is 56.5 cm³/mol. The number of hydrogen-bond donors (Lipinski definition) is 1. The molecule has 0 spiro atoms. The SMILES string of the molecule is CCN(C)C(CN)c1ccc(F)c(F)c1. The van der Waals surface area contributed by atoms with Crippen molar-refractivity contribution in [2.24, 2.45) is 5.73 Å². The Kier molecular flexibility index (Phi) is 4.17. The first-order chi connectivity index (χ1) is 7.10. The first-order valence-corrected chi connectivity index (χ1v) is 4.95. The fraction of sp³-hybridized carbons (Fsp3) is 0.455. The Hall–Kier alpha value is -1.00. The van der Waals surface area contributed by atoms with Crippen LogP contribution < -0.4 is 5.73 Å². The van der Waals surface area contributed by atoms with Crippen molar-refractivity contribution in [3.05, 3.63) is 35.4 Å². The summed E-state index contributed by atoms with van der Waals surface area (Å²) in [5.74, 6) is -1.65. The van der Waals surface area contributed by atoms with Gasteiger partial charge in [0.15, 0.2) is 11.6 Å². The number of rotatable bonds is 4. The molecule has 0 aliphatic rings. The number of nitrogens with two attached hydrogens (primary N) is 1. The number of likely N-dealkylation sites (N-methyl/N-ethyl adjacent to an activating group) is 1. The molecule has 84 valence electrons. The van der Waals surface area contributed by atoms with Gasteiger partial charge >= 0.3 is 0 Å². The lowest BCUT2D eigenvalue weighted by atomic mass is 10.1. The summed E-state index contributed by atoms with van der Waals surface area (Å²) in [5.41, 5.74) is 6.32. The van der Waals surface area contributed by atoms with Crippen molar-refractivity contribution in [1.82, 2.24) is 4.90 Å².